The summed E-state index contributed by atoms with van der Waals surface area (Å²) in [4.78, 5) is 28.8. The minimum Gasteiger partial charge on any atom is -0.326 e. The quantitative estimate of drug-likeness (QED) is 0.647. The van der Waals surface area contributed by atoms with Crippen molar-refractivity contribution in [3.63, 3.8) is 0 Å². The molecule has 2 N–H and O–H groups in total. The maximum Gasteiger partial charge on any atom is 0.275 e. The number of nitrogens with zero attached hydrogens (tertiary/aromatic N) is 1. The lowest BCUT2D eigenvalue weighted by Crippen LogP contribution is -2.18. The van der Waals surface area contributed by atoms with E-state index in [-0.39, 0.29) is 17.7 Å². The number of hydrogen-bond donors (Lipinski definition) is 2. The van der Waals surface area contributed by atoms with Crippen LogP contribution in [0.1, 0.15) is 29.9 Å². The van der Waals surface area contributed by atoms with Crippen LogP contribution in [0.3, 0.4) is 0 Å². The molecular weight excluding hydrogens is 366 g/mol. The van der Waals surface area contributed by atoms with Crippen LogP contribution in [0.2, 0.25) is 0 Å². The number of carbonyl (C=O) groups excluding carboxylic acids is 2. The van der Waals surface area contributed by atoms with Gasteiger partial charge in [0, 0.05) is 33.6 Å². The lowest BCUT2D eigenvalue weighted by molar-refractivity contribution is -0.118. The summed E-state index contributed by atoms with van der Waals surface area (Å²) in [5, 5.41) is 12.3. The highest BCUT2D eigenvalue weighted by molar-refractivity contribution is 7.14. The minimum atomic E-state index is -0.266. The first-order chi connectivity index (χ1) is 12.4. The third-order valence-electron chi connectivity index (χ3n) is 3.78. The van der Waals surface area contributed by atoms with Gasteiger partial charge in [-0.3, -0.25) is 9.59 Å². The molecule has 0 aliphatic carbocycles. The average molecular weight is 386 g/mol. The summed E-state index contributed by atoms with van der Waals surface area (Å²) in [5.41, 5.74) is 3.62. The number of anilines is 2. The van der Waals surface area contributed by atoms with E-state index in [4.69, 9.17) is 0 Å². The Bertz CT molecular complexity index is 930. The zero-order valence-electron chi connectivity index (χ0n) is 14.7. The number of aryl methyl sites for hydroxylation is 1. The number of nitrogens with one attached hydrogen (secondary N) is 2. The Morgan fingerprint density at radius 1 is 1.12 bits per heavy atom. The Morgan fingerprint density at radius 3 is 2.62 bits per heavy atom. The molecule has 2 amide bonds. The Hall–Kier alpha value is -2.51. The van der Waals surface area contributed by atoms with Gasteiger partial charge in [0.25, 0.3) is 5.91 Å². The van der Waals surface area contributed by atoms with Crippen molar-refractivity contribution in [2.75, 3.05) is 10.6 Å². The highest BCUT2D eigenvalue weighted by Gasteiger charge is 2.14. The van der Waals surface area contributed by atoms with Crippen molar-refractivity contribution in [3.8, 4) is 10.6 Å². The molecule has 0 saturated carbocycles. The summed E-state index contributed by atoms with van der Waals surface area (Å²) in [7, 11) is 0. The first-order valence-electron chi connectivity index (χ1n) is 8.15. The minimum absolute atomic E-state index is 0.0639. The van der Waals surface area contributed by atoms with Gasteiger partial charge in [0.2, 0.25) is 5.91 Å². The lowest BCUT2D eigenvalue weighted by Gasteiger charge is -2.12. The van der Waals surface area contributed by atoms with E-state index in [2.05, 4.69) is 15.6 Å². The Morgan fingerprint density at radius 2 is 1.92 bits per heavy atom. The number of carbonyl (C=O) groups is 2. The van der Waals surface area contributed by atoms with Crippen LogP contribution < -0.4 is 10.6 Å². The van der Waals surface area contributed by atoms with Crippen LogP contribution >= 0.6 is 22.7 Å². The van der Waals surface area contributed by atoms with Gasteiger partial charge in [0.05, 0.1) is 0 Å². The van der Waals surface area contributed by atoms with E-state index < -0.39 is 0 Å². The third kappa shape index (κ3) is 4.17. The molecule has 2 heterocycles. The molecule has 0 saturated heterocycles. The predicted octanol–water partition coefficient (Wildman–Crippen LogP) is 5.03. The molecule has 0 aliphatic rings. The van der Waals surface area contributed by atoms with Crippen LogP contribution in [0.15, 0.2) is 40.4 Å². The van der Waals surface area contributed by atoms with Crippen LogP contribution in [0, 0.1) is 12.8 Å². The average Bonchev–Trinajstić information content (AvgIpc) is 3.28. The van der Waals surface area contributed by atoms with Crippen molar-refractivity contribution in [2.45, 2.75) is 20.8 Å². The number of rotatable bonds is 5. The van der Waals surface area contributed by atoms with Gasteiger partial charge in [0.15, 0.2) is 0 Å². The van der Waals surface area contributed by atoms with E-state index in [0.717, 1.165) is 16.1 Å². The van der Waals surface area contributed by atoms with Gasteiger partial charge in [-0.25, -0.2) is 4.98 Å². The van der Waals surface area contributed by atoms with E-state index >= 15 is 0 Å². The molecule has 0 spiro atoms. The van der Waals surface area contributed by atoms with Crippen molar-refractivity contribution in [2.24, 2.45) is 5.92 Å². The molecule has 26 heavy (non-hydrogen) atoms. The molecule has 0 atom stereocenters. The van der Waals surface area contributed by atoms with Gasteiger partial charge in [-0.05, 0) is 36.1 Å². The molecule has 0 unspecified atom stereocenters. The van der Waals surface area contributed by atoms with Gasteiger partial charge in [0.1, 0.15) is 10.7 Å². The zero-order chi connectivity index (χ0) is 18.7. The van der Waals surface area contributed by atoms with Crippen molar-refractivity contribution < 1.29 is 9.59 Å². The zero-order valence-corrected chi connectivity index (χ0v) is 16.3. The third-order valence-corrected chi connectivity index (χ3v) is 5.36. The fourth-order valence-corrected chi connectivity index (χ4v) is 3.72. The van der Waals surface area contributed by atoms with Gasteiger partial charge < -0.3 is 10.6 Å². The van der Waals surface area contributed by atoms with E-state index in [1.165, 1.54) is 11.3 Å². The predicted molar refractivity (Wildman–Crippen MR) is 108 cm³/mol. The number of thiazole rings is 1. The molecule has 2 aromatic heterocycles. The van der Waals surface area contributed by atoms with Gasteiger partial charge in [-0.1, -0.05) is 19.9 Å². The molecule has 3 rings (SSSR count). The summed E-state index contributed by atoms with van der Waals surface area (Å²) in [6.45, 7) is 5.57. The Labute approximate surface area is 160 Å². The van der Waals surface area contributed by atoms with E-state index in [1.54, 1.807) is 22.8 Å². The van der Waals surface area contributed by atoms with Crippen LogP contribution in [-0.2, 0) is 4.79 Å². The van der Waals surface area contributed by atoms with Gasteiger partial charge in [-0.15, -0.1) is 11.3 Å². The summed E-state index contributed by atoms with van der Waals surface area (Å²) in [6.07, 6.45) is 0. The first-order valence-corrected chi connectivity index (χ1v) is 9.97. The fraction of sp³-hybridized carbons (Fsp3) is 0.211. The Kier molecular flexibility index (Phi) is 5.49. The topological polar surface area (TPSA) is 71.1 Å². The van der Waals surface area contributed by atoms with Crippen molar-refractivity contribution in [3.05, 3.63) is 51.7 Å². The molecule has 134 valence electrons. The summed E-state index contributed by atoms with van der Waals surface area (Å²) < 4.78 is 0. The van der Waals surface area contributed by atoms with Crippen LogP contribution in [-0.4, -0.2) is 16.8 Å². The van der Waals surface area contributed by atoms with Gasteiger partial charge >= 0.3 is 0 Å². The summed E-state index contributed by atoms with van der Waals surface area (Å²) >= 11 is 3.04. The lowest BCUT2D eigenvalue weighted by atomic mass is 10.1. The number of aromatic nitrogens is 1. The number of amides is 2. The highest BCUT2D eigenvalue weighted by Crippen LogP contribution is 2.27. The van der Waals surface area contributed by atoms with Crippen LogP contribution in [0.25, 0.3) is 10.6 Å². The fourth-order valence-electron chi connectivity index (χ4n) is 2.20. The molecule has 0 radical (unpaired) electrons. The second-order valence-corrected chi connectivity index (χ2v) is 7.82. The molecule has 3 aromatic rings. The highest BCUT2D eigenvalue weighted by atomic mass is 32.1. The standard InChI is InChI=1S/C19H19N3O2S2/c1-11(2)17(23)20-14-5-4-12(3)15(8-14)21-18(24)16-10-26-19(22-16)13-6-7-25-9-13/h4-11H,1-3H3,(H,20,23)(H,21,24). The van der Waals surface area contributed by atoms with Gasteiger partial charge in [-0.2, -0.15) is 11.3 Å². The second-order valence-electron chi connectivity index (χ2n) is 6.18. The first kappa shape index (κ1) is 18.3. The van der Waals surface area contributed by atoms with Crippen LogP contribution in [0.5, 0.6) is 0 Å². The molecule has 0 bridgehead atoms. The molecular formula is C19H19N3O2S2. The normalized spacial score (nSPS) is 10.8. The van der Waals surface area contributed by atoms with Crippen molar-refractivity contribution in [1.82, 2.24) is 4.98 Å². The van der Waals surface area contributed by atoms with E-state index in [0.29, 0.717) is 17.1 Å². The van der Waals surface area contributed by atoms with Crippen molar-refractivity contribution >= 4 is 45.9 Å². The van der Waals surface area contributed by atoms with E-state index in [1.807, 2.05) is 49.7 Å². The second kappa shape index (κ2) is 7.80. The SMILES string of the molecule is Cc1ccc(NC(=O)C(C)C)cc1NC(=O)c1csc(-c2ccsc2)n1. The molecule has 0 fully saturated rings. The number of thiophene rings is 1. The molecule has 7 heteroatoms. The van der Waals surface area contributed by atoms with Crippen molar-refractivity contribution in [1.29, 1.82) is 0 Å². The molecule has 0 aliphatic heterocycles. The van der Waals surface area contributed by atoms with E-state index in [9.17, 15) is 9.59 Å². The maximum atomic E-state index is 12.5. The molecule has 5 nitrogen and oxygen atoms in total. The summed E-state index contributed by atoms with van der Waals surface area (Å²) in [5.74, 6) is -0.441. The monoisotopic (exact) mass is 385 g/mol. The number of benzene rings is 1. The maximum absolute atomic E-state index is 12.5. The Balaban J connectivity index is 1.75. The van der Waals surface area contributed by atoms with Crippen LogP contribution in [0.4, 0.5) is 11.4 Å². The number of hydrogen-bond acceptors (Lipinski definition) is 5. The molecule has 1 aromatic carbocycles. The summed E-state index contributed by atoms with van der Waals surface area (Å²) in [6, 6.07) is 7.43. The smallest absolute Gasteiger partial charge is 0.275 e. The largest absolute Gasteiger partial charge is 0.326 e.